The molecule has 3 rings (SSSR count). The number of halogens is 2. The molecule has 170 valence electrons. The maximum absolute atomic E-state index is 5.76. The average molecular weight is 593 g/mol. The second kappa shape index (κ2) is 11.7. The van der Waals surface area contributed by atoms with Crippen LogP contribution in [-0.4, -0.2) is 28.7 Å². The monoisotopic (exact) mass is 591 g/mol. The molecule has 0 unspecified atom stereocenters. The van der Waals surface area contributed by atoms with Crippen molar-refractivity contribution >= 4 is 45.5 Å². The van der Waals surface area contributed by atoms with Crippen LogP contribution in [0.5, 0.6) is 0 Å². The van der Waals surface area contributed by atoms with E-state index in [0.717, 1.165) is 34.1 Å². The van der Waals surface area contributed by atoms with E-state index in [1.807, 2.05) is 25.1 Å². The van der Waals surface area contributed by atoms with Crippen LogP contribution in [0.1, 0.15) is 82.8 Å². The number of aromatic nitrogens is 1. The normalized spacial score (nSPS) is 15.6. The van der Waals surface area contributed by atoms with Crippen molar-refractivity contribution in [3.63, 3.8) is 0 Å². The number of aliphatic imine (C=N–C) groups is 2. The molecule has 1 aliphatic rings. The standard InChI is InChI=1S/C24H31N3O.2BrH.Fe/c1-15(2)18-10-8-11-19(16(3)4)22(18)25-17(5)20-12-9-13-21(26-20)23-27-24(6,7)14-28-23;;;/h8-13,15-16H,14H2,1-7H3;2*1H;/q;;;+2/p-2. The van der Waals surface area contributed by atoms with Gasteiger partial charge < -0.3 is 4.74 Å². The molecule has 0 spiro atoms. The third-order valence-electron chi connectivity index (χ3n) is 4.93. The number of pyridine rings is 1. The Balaban J connectivity index is 0.00000107. The van der Waals surface area contributed by atoms with Crippen LogP contribution in [0.4, 0.5) is 5.69 Å². The van der Waals surface area contributed by atoms with E-state index in [0.29, 0.717) is 24.3 Å². The van der Waals surface area contributed by atoms with Gasteiger partial charge in [-0.1, -0.05) is 52.0 Å². The molecule has 31 heavy (non-hydrogen) atoms. The summed E-state index contributed by atoms with van der Waals surface area (Å²) in [7, 11) is 0. The summed E-state index contributed by atoms with van der Waals surface area (Å²) in [5.74, 6) is 1.44. The number of hydrogen-bond acceptors (Lipinski definition) is 4. The molecule has 2 heterocycles. The predicted octanol–water partition coefficient (Wildman–Crippen LogP) is 7.71. The Morgan fingerprint density at radius 1 is 1.03 bits per heavy atom. The summed E-state index contributed by atoms with van der Waals surface area (Å²) >= 11 is 7.00. The zero-order chi connectivity index (χ0) is 23.2. The van der Waals surface area contributed by atoms with Crippen molar-refractivity contribution in [1.82, 2.24) is 4.98 Å². The number of nitrogens with zero attached hydrogens (tertiary/aromatic N) is 3. The number of para-hydroxylation sites is 1. The van der Waals surface area contributed by atoms with Crippen LogP contribution in [0.3, 0.4) is 0 Å². The van der Waals surface area contributed by atoms with Gasteiger partial charge in [0, 0.05) is 0 Å². The van der Waals surface area contributed by atoms with Gasteiger partial charge in [-0.25, -0.2) is 9.98 Å². The van der Waals surface area contributed by atoms with Crippen molar-refractivity contribution in [3.8, 4) is 0 Å². The van der Waals surface area contributed by atoms with Gasteiger partial charge in [-0.3, -0.25) is 4.99 Å². The first-order chi connectivity index (χ1) is 14.6. The van der Waals surface area contributed by atoms with E-state index in [-0.39, 0.29) is 5.54 Å². The van der Waals surface area contributed by atoms with Crippen LogP contribution in [0, 0.1) is 0 Å². The molecule has 1 aliphatic heterocycles. The second-order valence-corrected chi connectivity index (χ2v) is 14.3. The molecule has 2 aromatic rings. The molecular weight excluding hydrogens is 562 g/mol. The maximum atomic E-state index is 5.76. The molecule has 1 aromatic heterocycles. The van der Waals surface area contributed by atoms with Gasteiger partial charge in [-0.05, 0) is 55.9 Å². The van der Waals surface area contributed by atoms with Crippen LogP contribution in [-0.2, 0) is 16.1 Å². The van der Waals surface area contributed by atoms with Crippen LogP contribution < -0.4 is 0 Å². The Bertz CT molecular complexity index is 929. The fourth-order valence-electron chi connectivity index (χ4n) is 3.34. The Kier molecular flexibility index (Phi) is 9.94. The Morgan fingerprint density at radius 2 is 1.58 bits per heavy atom. The summed E-state index contributed by atoms with van der Waals surface area (Å²) in [5, 5.41) is 0. The van der Waals surface area contributed by atoms with E-state index in [4.69, 9.17) is 14.7 Å². The summed E-state index contributed by atoms with van der Waals surface area (Å²) in [6.45, 7) is 15.6. The van der Waals surface area contributed by atoms with Crippen molar-refractivity contribution in [3.05, 3.63) is 58.9 Å². The molecule has 0 bridgehead atoms. The molecular formula is C24H31Br2FeN3O. The molecule has 0 N–H and O–H groups in total. The van der Waals surface area contributed by atoms with Crippen molar-refractivity contribution < 1.29 is 16.1 Å². The average Bonchev–Trinajstić information content (AvgIpc) is 3.08. The van der Waals surface area contributed by atoms with Gasteiger partial charge in [0.1, 0.15) is 12.3 Å². The predicted molar refractivity (Wildman–Crippen MR) is 135 cm³/mol. The third-order valence-corrected chi connectivity index (χ3v) is 4.93. The summed E-state index contributed by atoms with van der Waals surface area (Å²) in [4.78, 5) is 14.5. The van der Waals surface area contributed by atoms with Crippen molar-refractivity contribution in [2.45, 2.75) is 65.8 Å². The zero-order valence-corrected chi connectivity index (χ0v) is 23.5. The van der Waals surface area contributed by atoms with Gasteiger partial charge in [0.05, 0.1) is 22.6 Å². The number of benzene rings is 1. The first-order valence-electron chi connectivity index (χ1n) is 10.3. The fraction of sp³-hybridized carbons (Fsp3) is 0.458. The van der Waals surface area contributed by atoms with Gasteiger partial charge in [-0.2, -0.15) is 0 Å². The van der Waals surface area contributed by atoms with E-state index in [2.05, 4.69) is 93.0 Å². The molecule has 0 amide bonds. The second-order valence-electron chi connectivity index (χ2n) is 8.77. The molecule has 0 fully saturated rings. The van der Waals surface area contributed by atoms with Crippen LogP contribution in [0.2, 0.25) is 0 Å². The van der Waals surface area contributed by atoms with E-state index >= 15 is 0 Å². The quantitative estimate of drug-likeness (QED) is 0.264. The third kappa shape index (κ3) is 7.24. The molecule has 1 aromatic carbocycles. The number of hydrogen-bond donors (Lipinski definition) is 0. The van der Waals surface area contributed by atoms with Gasteiger partial charge in [-0.15, -0.1) is 0 Å². The Morgan fingerprint density at radius 3 is 2.06 bits per heavy atom. The van der Waals surface area contributed by atoms with Gasteiger partial charge >= 0.3 is 39.6 Å². The summed E-state index contributed by atoms with van der Waals surface area (Å²) in [5.41, 5.74) is 5.93. The fourth-order valence-corrected chi connectivity index (χ4v) is 3.34. The first-order valence-corrected chi connectivity index (χ1v) is 15.8. The van der Waals surface area contributed by atoms with Crippen molar-refractivity contribution in [1.29, 1.82) is 0 Å². The molecule has 7 heteroatoms. The Hall–Kier alpha value is -1.01. The molecule has 0 saturated carbocycles. The number of ether oxygens (including phenoxy) is 1. The minimum absolute atomic E-state index is 0.196. The van der Waals surface area contributed by atoms with Gasteiger partial charge in [0.25, 0.3) is 0 Å². The molecule has 4 nitrogen and oxygen atoms in total. The summed E-state index contributed by atoms with van der Waals surface area (Å²) in [6, 6.07) is 12.4. The Labute approximate surface area is 207 Å². The molecule has 0 saturated heterocycles. The molecule has 0 radical (unpaired) electrons. The van der Waals surface area contributed by atoms with Crippen molar-refractivity contribution in [2.24, 2.45) is 9.98 Å². The topological polar surface area (TPSA) is 46.8 Å². The SMILES string of the molecule is CC(=Nc1c(C(C)C)cccc1C(C)C)c1cccc(C2=NC(C)(C)CO2)n1.[Br][Fe][Br]. The van der Waals surface area contributed by atoms with Crippen molar-refractivity contribution in [2.75, 3.05) is 6.61 Å². The van der Waals surface area contributed by atoms with Crippen LogP contribution in [0.25, 0.3) is 0 Å². The molecule has 0 atom stereocenters. The van der Waals surface area contributed by atoms with E-state index < -0.39 is 0 Å². The van der Waals surface area contributed by atoms with Crippen LogP contribution >= 0.6 is 28.2 Å². The van der Waals surface area contributed by atoms with Gasteiger partial charge in [0.15, 0.2) is 0 Å². The van der Waals surface area contributed by atoms with Crippen LogP contribution in [0.15, 0.2) is 46.4 Å². The van der Waals surface area contributed by atoms with E-state index in [9.17, 15) is 0 Å². The first kappa shape index (κ1) is 26.2. The summed E-state index contributed by atoms with van der Waals surface area (Å²) < 4.78 is 5.76. The van der Waals surface area contributed by atoms with E-state index in [1.165, 1.54) is 11.1 Å². The number of rotatable bonds is 5. The summed E-state index contributed by atoms with van der Waals surface area (Å²) in [6.07, 6.45) is 0. The minimum atomic E-state index is -0.196. The van der Waals surface area contributed by atoms with E-state index in [1.54, 1.807) is 0 Å². The van der Waals surface area contributed by atoms with Gasteiger partial charge in [0.2, 0.25) is 5.90 Å². The zero-order valence-electron chi connectivity index (χ0n) is 19.2. The molecule has 0 aliphatic carbocycles.